The van der Waals surface area contributed by atoms with Gasteiger partial charge in [-0.15, -0.1) is 14.1 Å². The van der Waals surface area contributed by atoms with E-state index in [0.29, 0.717) is 47.2 Å². The highest BCUT2D eigenvalue weighted by atomic mass is 35.5. The Morgan fingerprint density at radius 1 is 1.23 bits per heavy atom. The summed E-state index contributed by atoms with van der Waals surface area (Å²) in [5.41, 5.74) is 0.517. The van der Waals surface area contributed by atoms with Gasteiger partial charge in [0.25, 0.3) is 0 Å². The van der Waals surface area contributed by atoms with Crippen LogP contribution < -0.4 is 20.9 Å². The lowest BCUT2D eigenvalue weighted by Gasteiger charge is -2.42. The number of nitrogens with one attached hydrogen (secondary N) is 1. The van der Waals surface area contributed by atoms with E-state index in [1.54, 1.807) is 31.5 Å². The zero-order chi connectivity index (χ0) is 32.5. The third-order valence-electron chi connectivity index (χ3n) is 8.74. The summed E-state index contributed by atoms with van der Waals surface area (Å²) in [6.45, 7) is 13.9. The minimum Gasteiger partial charge on any atom is -0.586 e. The SMILES string of the molecule is COC(=O)c1cn([C@H](CO[Si-](C)C(C)(C)C)C(C)C)c2c(c1=O)=CC(Cc1cc(N3CCCC3=N)cc(Cl)c1F)C(OC)C=2. The number of carbonyl (C=O) groups is 1. The highest BCUT2D eigenvalue weighted by molar-refractivity contribution is 6.53. The predicted molar refractivity (Wildman–Crippen MR) is 175 cm³/mol. The standard InChI is InChI=1S/C33H44ClFN3O5Si/c1-19(2)27(18-43-44(8)33(3,4)5)38-17-24(32(40)42-7)31(39)23-14-20(28(41-6)16-26(23)38)12-21-13-22(15-25(34)30(21)35)37-11-9-10-29(37)36/h13-17,19-20,27-28,36H,9-12,18H2,1-8H3/q-1/t20?,27-,28?/m1/s1. The lowest BCUT2D eigenvalue weighted by Crippen LogP contribution is -2.53. The van der Waals surface area contributed by atoms with Crippen molar-refractivity contribution in [1.29, 1.82) is 5.41 Å². The number of methoxy groups -OCH3 is 2. The number of ether oxygens (including phenoxy) is 2. The summed E-state index contributed by atoms with van der Waals surface area (Å²) < 4.78 is 34.7. The number of pyridine rings is 1. The average molecular weight is 645 g/mol. The zero-order valence-corrected chi connectivity index (χ0v) is 28.7. The highest BCUT2D eigenvalue weighted by Gasteiger charge is 2.29. The molecule has 2 aliphatic rings. The number of anilines is 1. The molecule has 1 aromatic carbocycles. The maximum atomic E-state index is 15.4. The summed E-state index contributed by atoms with van der Waals surface area (Å²) in [4.78, 5) is 28.4. The molecule has 1 saturated heterocycles. The summed E-state index contributed by atoms with van der Waals surface area (Å²) >= 11 is 6.34. The lowest BCUT2D eigenvalue weighted by atomic mass is 9.88. The molecule has 3 atom stereocenters. The number of halogens is 2. The van der Waals surface area contributed by atoms with E-state index >= 15 is 4.39 Å². The van der Waals surface area contributed by atoms with Gasteiger partial charge in [-0.1, -0.05) is 52.3 Å². The number of amidine groups is 1. The molecule has 240 valence electrons. The van der Waals surface area contributed by atoms with Crippen LogP contribution in [0.15, 0.2) is 23.1 Å². The molecule has 2 aromatic rings. The van der Waals surface area contributed by atoms with Crippen LogP contribution in [0.4, 0.5) is 10.1 Å². The Hall–Kier alpha value is -2.79. The van der Waals surface area contributed by atoms with Crippen LogP contribution in [-0.2, 0) is 20.3 Å². The summed E-state index contributed by atoms with van der Waals surface area (Å²) in [5, 5.41) is 9.26. The van der Waals surface area contributed by atoms with Crippen molar-refractivity contribution in [2.75, 3.05) is 32.3 Å². The first-order chi connectivity index (χ1) is 20.7. The van der Waals surface area contributed by atoms with E-state index < -0.39 is 38.3 Å². The molecule has 1 aliphatic carbocycles. The Labute approximate surface area is 265 Å². The third kappa shape index (κ3) is 7.03. The van der Waals surface area contributed by atoms with E-state index in [2.05, 4.69) is 41.2 Å². The van der Waals surface area contributed by atoms with Gasteiger partial charge in [0.2, 0.25) is 5.43 Å². The van der Waals surface area contributed by atoms with E-state index in [1.807, 2.05) is 15.5 Å². The van der Waals surface area contributed by atoms with Crippen molar-refractivity contribution in [2.24, 2.45) is 11.8 Å². The molecule has 1 fully saturated rings. The van der Waals surface area contributed by atoms with Gasteiger partial charge in [-0.25, -0.2) is 9.18 Å². The van der Waals surface area contributed by atoms with Crippen LogP contribution in [0, 0.1) is 23.1 Å². The number of carbonyl (C=O) groups excluding carboxylic acids is 1. The van der Waals surface area contributed by atoms with Crippen LogP contribution in [-0.4, -0.2) is 58.9 Å². The van der Waals surface area contributed by atoms with Crippen molar-refractivity contribution in [3.63, 3.8) is 0 Å². The van der Waals surface area contributed by atoms with Crippen LogP contribution in [0.5, 0.6) is 0 Å². The second-order valence-corrected chi connectivity index (χ2v) is 16.3. The van der Waals surface area contributed by atoms with Gasteiger partial charge in [0.15, 0.2) is 0 Å². The Bertz CT molecular complexity index is 1600. The molecular formula is C33H44ClFN3O5Si-. The largest absolute Gasteiger partial charge is 0.586 e. The molecule has 11 heteroatoms. The predicted octanol–water partition coefficient (Wildman–Crippen LogP) is 5.09. The van der Waals surface area contributed by atoms with Crippen LogP contribution in [0.1, 0.15) is 69.4 Å². The van der Waals surface area contributed by atoms with Gasteiger partial charge in [-0.2, -0.15) is 6.55 Å². The normalized spacial score (nSPS) is 19.2. The number of aromatic nitrogens is 1. The van der Waals surface area contributed by atoms with Gasteiger partial charge in [0.05, 0.1) is 29.6 Å². The van der Waals surface area contributed by atoms with Crippen molar-refractivity contribution < 1.29 is 23.1 Å². The Kier molecular flexibility index (Phi) is 10.6. The molecular weight excluding hydrogens is 601 g/mol. The van der Waals surface area contributed by atoms with E-state index in [1.165, 1.54) is 7.11 Å². The van der Waals surface area contributed by atoms with E-state index in [4.69, 9.17) is 30.9 Å². The minimum atomic E-state index is -1.15. The molecule has 44 heavy (non-hydrogen) atoms. The number of rotatable bonds is 10. The fourth-order valence-corrected chi connectivity index (χ4v) is 6.80. The van der Waals surface area contributed by atoms with Crippen molar-refractivity contribution in [3.8, 4) is 0 Å². The molecule has 4 rings (SSSR count). The number of benzene rings is 1. The number of hydrogen-bond acceptors (Lipinski definition) is 6. The molecule has 1 N–H and O–H groups in total. The molecule has 0 bridgehead atoms. The van der Waals surface area contributed by atoms with E-state index in [0.717, 1.165) is 6.42 Å². The summed E-state index contributed by atoms with van der Waals surface area (Å²) in [6, 6.07) is 3.10. The molecule has 2 unspecified atom stereocenters. The average Bonchev–Trinajstić information content (AvgIpc) is 3.40. The molecule has 0 amide bonds. The quantitative estimate of drug-likeness (QED) is 0.286. The maximum absolute atomic E-state index is 15.4. The van der Waals surface area contributed by atoms with Gasteiger partial charge in [-0.3, -0.25) is 10.2 Å². The smallest absolute Gasteiger partial charge is 0.343 e. The van der Waals surface area contributed by atoms with Gasteiger partial charge < -0.3 is 23.4 Å². The van der Waals surface area contributed by atoms with Crippen molar-refractivity contribution in [3.05, 3.63) is 61.1 Å². The summed E-state index contributed by atoms with van der Waals surface area (Å²) in [6.07, 6.45) is 6.47. The van der Waals surface area contributed by atoms with Crippen LogP contribution in [0.2, 0.25) is 16.6 Å². The van der Waals surface area contributed by atoms with Crippen molar-refractivity contribution in [1.82, 2.24) is 4.57 Å². The Morgan fingerprint density at radius 2 is 1.93 bits per heavy atom. The number of nitrogens with zero attached hydrogens (tertiary/aromatic N) is 2. The van der Waals surface area contributed by atoms with Crippen molar-refractivity contribution in [2.45, 2.75) is 77.6 Å². The zero-order valence-electron chi connectivity index (χ0n) is 26.9. The summed E-state index contributed by atoms with van der Waals surface area (Å²) in [7, 11) is 1.69. The van der Waals surface area contributed by atoms with Gasteiger partial charge in [0, 0.05) is 49.7 Å². The monoisotopic (exact) mass is 644 g/mol. The van der Waals surface area contributed by atoms with E-state index in [9.17, 15) is 9.59 Å². The Balaban J connectivity index is 1.85. The highest BCUT2D eigenvalue weighted by Crippen LogP contribution is 2.32. The van der Waals surface area contributed by atoms with E-state index in [-0.39, 0.29) is 34.0 Å². The molecule has 2 heterocycles. The van der Waals surface area contributed by atoms with Crippen LogP contribution in [0.25, 0.3) is 12.2 Å². The molecule has 1 aromatic heterocycles. The maximum Gasteiger partial charge on any atom is 0.343 e. The summed E-state index contributed by atoms with van der Waals surface area (Å²) in [5.74, 6) is -1.11. The molecule has 0 radical (unpaired) electrons. The first-order valence-electron chi connectivity index (χ1n) is 15.1. The van der Waals surface area contributed by atoms with Crippen LogP contribution >= 0.6 is 11.6 Å². The number of fused-ring (bicyclic) bond motifs is 1. The third-order valence-corrected chi connectivity index (χ3v) is 11.7. The Morgan fingerprint density at radius 3 is 2.50 bits per heavy atom. The molecule has 0 saturated carbocycles. The second-order valence-electron chi connectivity index (χ2n) is 13.0. The molecule has 8 nitrogen and oxygen atoms in total. The van der Waals surface area contributed by atoms with Gasteiger partial charge in [0.1, 0.15) is 17.2 Å². The fourth-order valence-electron chi connectivity index (χ4n) is 5.71. The first-order valence-corrected chi connectivity index (χ1v) is 17.4. The minimum absolute atomic E-state index is 0.0199. The second kappa shape index (κ2) is 13.7. The van der Waals surface area contributed by atoms with Gasteiger partial charge in [-0.05, 0) is 42.5 Å². The van der Waals surface area contributed by atoms with Crippen molar-refractivity contribution >= 4 is 50.3 Å². The topological polar surface area (TPSA) is 93.9 Å². The molecule has 1 aliphatic heterocycles. The van der Waals surface area contributed by atoms with Crippen LogP contribution in [0.3, 0.4) is 0 Å². The molecule has 0 spiro atoms. The lowest BCUT2D eigenvalue weighted by molar-refractivity contribution is 0.0597. The van der Waals surface area contributed by atoms with Gasteiger partial charge >= 0.3 is 5.97 Å². The first kappa shape index (κ1) is 34.1. The number of esters is 1. The number of hydrogen-bond donors (Lipinski definition) is 1. The fraction of sp³-hybridized carbons (Fsp3) is 0.545.